The van der Waals surface area contributed by atoms with Crippen LogP contribution in [0.25, 0.3) is 21.9 Å². The molecule has 1 saturated heterocycles. The van der Waals surface area contributed by atoms with Crippen LogP contribution < -0.4 is 15.8 Å². The first kappa shape index (κ1) is 19.3. The van der Waals surface area contributed by atoms with Crippen LogP contribution in [0.4, 0.5) is 17.3 Å². The van der Waals surface area contributed by atoms with Crippen molar-refractivity contribution in [1.82, 2.24) is 19.9 Å². The summed E-state index contributed by atoms with van der Waals surface area (Å²) >= 11 is 0. The van der Waals surface area contributed by atoms with E-state index in [9.17, 15) is 4.79 Å². The highest BCUT2D eigenvalue weighted by Gasteiger charge is 2.14. The molecule has 7 nitrogen and oxygen atoms in total. The standard InChI is InChI=1S/C24H24N6O/c1-29-11-13-30(14-12-29)18-5-6-22(26-16-18)27-23-15-21-19(17-7-9-25-10-8-17)3-2-4-20(21)24(31)28-23/h2-10,15-16H,11-14H2,1H3,(H2,26,27,28,31). The van der Waals surface area contributed by atoms with E-state index in [-0.39, 0.29) is 5.56 Å². The lowest BCUT2D eigenvalue weighted by Crippen LogP contribution is -2.44. The van der Waals surface area contributed by atoms with E-state index in [0.717, 1.165) is 48.4 Å². The molecule has 0 spiro atoms. The maximum atomic E-state index is 12.7. The van der Waals surface area contributed by atoms with Crippen molar-refractivity contribution in [2.45, 2.75) is 0 Å². The van der Waals surface area contributed by atoms with Gasteiger partial charge in [-0.1, -0.05) is 12.1 Å². The second-order valence-corrected chi connectivity index (χ2v) is 7.83. The number of nitrogens with one attached hydrogen (secondary N) is 2. The van der Waals surface area contributed by atoms with Crippen LogP contribution in [0, 0.1) is 0 Å². The Morgan fingerprint density at radius 2 is 1.77 bits per heavy atom. The van der Waals surface area contributed by atoms with Crippen molar-refractivity contribution < 1.29 is 0 Å². The fourth-order valence-electron chi connectivity index (χ4n) is 3.99. The summed E-state index contributed by atoms with van der Waals surface area (Å²) in [5.74, 6) is 1.30. The van der Waals surface area contributed by atoms with Gasteiger partial charge in [-0.05, 0) is 60.0 Å². The molecule has 0 unspecified atom stereocenters. The molecular weight excluding hydrogens is 388 g/mol. The van der Waals surface area contributed by atoms with E-state index in [1.807, 2.05) is 48.7 Å². The number of fused-ring (bicyclic) bond motifs is 1. The van der Waals surface area contributed by atoms with Crippen molar-refractivity contribution in [3.63, 3.8) is 0 Å². The van der Waals surface area contributed by atoms with Crippen LogP contribution in [-0.2, 0) is 0 Å². The molecule has 0 bridgehead atoms. The van der Waals surface area contributed by atoms with Gasteiger partial charge in [0.1, 0.15) is 11.6 Å². The summed E-state index contributed by atoms with van der Waals surface area (Å²) in [6, 6.07) is 15.6. The zero-order valence-electron chi connectivity index (χ0n) is 17.4. The Bertz CT molecular complexity index is 1240. The summed E-state index contributed by atoms with van der Waals surface area (Å²) in [5, 5.41) is 4.78. The molecule has 1 fully saturated rings. The van der Waals surface area contributed by atoms with Crippen LogP contribution >= 0.6 is 0 Å². The molecule has 0 radical (unpaired) electrons. The van der Waals surface area contributed by atoms with Gasteiger partial charge in [0.25, 0.3) is 5.56 Å². The molecule has 5 rings (SSSR count). The van der Waals surface area contributed by atoms with E-state index < -0.39 is 0 Å². The Hall–Kier alpha value is -3.71. The van der Waals surface area contributed by atoms with Crippen LogP contribution in [0.15, 0.2) is 71.9 Å². The van der Waals surface area contributed by atoms with Gasteiger partial charge in [0.2, 0.25) is 0 Å². The third kappa shape index (κ3) is 4.00. The molecule has 0 aliphatic carbocycles. The first-order valence-electron chi connectivity index (χ1n) is 10.4. The van der Waals surface area contributed by atoms with Gasteiger partial charge in [-0.3, -0.25) is 9.78 Å². The lowest BCUT2D eigenvalue weighted by molar-refractivity contribution is 0.313. The van der Waals surface area contributed by atoms with Crippen LogP contribution in [0.5, 0.6) is 0 Å². The highest BCUT2D eigenvalue weighted by Crippen LogP contribution is 2.28. The predicted octanol–water partition coefficient (Wildman–Crippen LogP) is 3.48. The second kappa shape index (κ2) is 8.20. The van der Waals surface area contributed by atoms with E-state index >= 15 is 0 Å². The Morgan fingerprint density at radius 1 is 0.968 bits per heavy atom. The maximum absolute atomic E-state index is 12.7. The van der Waals surface area contributed by atoms with Crippen LogP contribution in [0.2, 0.25) is 0 Å². The van der Waals surface area contributed by atoms with Gasteiger partial charge >= 0.3 is 0 Å². The van der Waals surface area contributed by atoms with Gasteiger partial charge in [0, 0.05) is 44.0 Å². The minimum Gasteiger partial charge on any atom is -0.368 e. The Labute approximate surface area is 180 Å². The van der Waals surface area contributed by atoms with Crippen LogP contribution in [0.1, 0.15) is 0 Å². The van der Waals surface area contributed by atoms with Crippen molar-refractivity contribution in [3.05, 3.63) is 77.5 Å². The van der Waals surface area contributed by atoms with Gasteiger partial charge in [-0.25, -0.2) is 4.98 Å². The van der Waals surface area contributed by atoms with Gasteiger partial charge in [0.15, 0.2) is 0 Å². The minimum absolute atomic E-state index is 0.134. The van der Waals surface area contributed by atoms with Crippen molar-refractivity contribution >= 4 is 28.1 Å². The van der Waals surface area contributed by atoms with Crippen molar-refractivity contribution in [1.29, 1.82) is 0 Å². The molecule has 0 amide bonds. The van der Waals surface area contributed by atoms with Crippen molar-refractivity contribution in [2.24, 2.45) is 0 Å². The number of nitrogens with zero attached hydrogens (tertiary/aromatic N) is 4. The van der Waals surface area contributed by atoms with Gasteiger partial charge < -0.3 is 20.1 Å². The van der Waals surface area contributed by atoms with Crippen LogP contribution in [0.3, 0.4) is 0 Å². The van der Waals surface area contributed by atoms with E-state index in [0.29, 0.717) is 17.0 Å². The van der Waals surface area contributed by atoms with Crippen LogP contribution in [-0.4, -0.2) is 53.1 Å². The average molecular weight is 412 g/mol. The molecule has 1 aromatic carbocycles. The molecule has 4 aromatic rings. The van der Waals surface area contributed by atoms with Gasteiger partial charge in [0.05, 0.1) is 11.9 Å². The molecular formula is C24H24N6O. The van der Waals surface area contributed by atoms with Crippen molar-refractivity contribution in [2.75, 3.05) is 43.4 Å². The summed E-state index contributed by atoms with van der Waals surface area (Å²) in [6.07, 6.45) is 5.40. The summed E-state index contributed by atoms with van der Waals surface area (Å²) in [4.78, 5) is 29.0. The van der Waals surface area contributed by atoms with Gasteiger partial charge in [-0.2, -0.15) is 0 Å². The first-order valence-corrected chi connectivity index (χ1v) is 10.4. The molecule has 0 atom stereocenters. The molecule has 1 aliphatic rings. The summed E-state index contributed by atoms with van der Waals surface area (Å²) in [5.41, 5.74) is 3.00. The highest BCUT2D eigenvalue weighted by atomic mass is 16.1. The molecule has 31 heavy (non-hydrogen) atoms. The summed E-state index contributed by atoms with van der Waals surface area (Å²) in [6.45, 7) is 4.11. The normalized spacial score (nSPS) is 14.7. The van der Waals surface area contributed by atoms with E-state index in [1.165, 1.54) is 0 Å². The number of H-pyrrole nitrogens is 1. The molecule has 2 N–H and O–H groups in total. The average Bonchev–Trinajstić information content (AvgIpc) is 2.80. The fourth-order valence-corrected chi connectivity index (χ4v) is 3.99. The highest BCUT2D eigenvalue weighted by molar-refractivity contribution is 5.97. The van der Waals surface area contributed by atoms with E-state index in [2.05, 4.69) is 43.2 Å². The third-order valence-electron chi connectivity index (χ3n) is 5.76. The predicted molar refractivity (Wildman–Crippen MR) is 125 cm³/mol. The smallest absolute Gasteiger partial charge is 0.257 e. The Kier molecular flexibility index (Phi) is 5.09. The first-order chi connectivity index (χ1) is 15.2. The summed E-state index contributed by atoms with van der Waals surface area (Å²) < 4.78 is 0. The second-order valence-electron chi connectivity index (χ2n) is 7.83. The molecule has 156 valence electrons. The molecule has 4 heterocycles. The Morgan fingerprint density at radius 3 is 2.52 bits per heavy atom. The largest absolute Gasteiger partial charge is 0.368 e. The lowest BCUT2D eigenvalue weighted by Gasteiger charge is -2.33. The van der Waals surface area contributed by atoms with Gasteiger partial charge in [-0.15, -0.1) is 0 Å². The summed E-state index contributed by atoms with van der Waals surface area (Å²) in [7, 11) is 2.15. The van der Waals surface area contributed by atoms with E-state index in [1.54, 1.807) is 12.4 Å². The topological polar surface area (TPSA) is 77.1 Å². The lowest BCUT2D eigenvalue weighted by atomic mass is 10.00. The fraction of sp³-hybridized carbons (Fsp3) is 0.208. The monoisotopic (exact) mass is 412 g/mol. The molecule has 7 heteroatoms. The SMILES string of the molecule is CN1CCN(c2ccc(Nc3cc4c(-c5ccncc5)cccc4c(=O)[nH]3)nc2)CC1. The molecule has 1 aliphatic heterocycles. The number of hydrogen-bond donors (Lipinski definition) is 2. The number of pyridine rings is 3. The number of rotatable bonds is 4. The quantitative estimate of drug-likeness (QED) is 0.534. The number of aromatic amines is 1. The number of aromatic nitrogens is 3. The molecule has 3 aromatic heterocycles. The Balaban J connectivity index is 1.44. The van der Waals surface area contributed by atoms with E-state index in [4.69, 9.17) is 0 Å². The zero-order chi connectivity index (χ0) is 21.2. The zero-order valence-corrected chi connectivity index (χ0v) is 17.4. The number of hydrogen-bond acceptors (Lipinski definition) is 6. The van der Waals surface area contributed by atoms with Crippen molar-refractivity contribution in [3.8, 4) is 11.1 Å². The third-order valence-corrected chi connectivity index (χ3v) is 5.76. The number of likely N-dealkylation sites (N-methyl/N-ethyl adjacent to an activating group) is 1. The minimum atomic E-state index is -0.134. The maximum Gasteiger partial charge on any atom is 0.257 e. The molecule has 0 saturated carbocycles. The number of benzene rings is 1. The number of anilines is 3. The number of piperazine rings is 1.